The minimum Gasteiger partial charge on any atom is -0.338 e. The second kappa shape index (κ2) is 5.90. The maximum absolute atomic E-state index is 13.8. The van der Waals surface area contributed by atoms with Gasteiger partial charge in [0.05, 0.1) is 5.56 Å². The van der Waals surface area contributed by atoms with Crippen LogP contribution in [0.5, 0.6) is 0 Å². The molecular formula is C17H16FNOS. The van der Waals surface area contributed by atoms with E-state index in [-0.39, 0.29) is 11.5 Å². The van der Waals surface area contributed by atoms with Crippen LogP contribution >= 0.6 is 12.6 Å². The predicted octanol–water partition coefficient (Wildman–Crippen LogP) is 3.74. The number of carbonyl (C=O) groups is 1. The minimum atomic E-state index is -0.485. The Hall–Kier alpha value is -1.81. The molecule has 1 amide bonds. The van der Waals surface area contributed by atoms with Crippen LogP contribution in [0.2, 0.25) is 0 Å². The Morgan fingerprint density at radius 3 is 2.71 bits per heavy atom. The highest BCUT2D eigenvalue weighted by molar-refractivity contribution is 7.80. The van der Waals surface area contributed by atoms with Crippen LogP contribution in [0.25, 0.3) is 0 Å². The molecule has 0 saturated carbocycles. The van der Waals surface area contributed by atoms with Gasteiger partial charge >= 0.3 is 0 Å². The minimum absolute atomic E-state index is 0.108. The fraction of sp³-hybridized carbons (Fsp3) is 0.235. The Bertz CT molecular complexity index is 659. The summed E-state index contributed by atoms with van der Waals surface area (Å²) < 4.78 is 13.8. The van der Waals surface area contributed by atoms with Gasteiger partial charge in [0.1, 0.15) is 5.82 Å². The highest BCUT2D eigenvalue weighted by Gasteiger charge is 2.29. The van der Waals surface area contributed by atoms with Gasteiger partial charge in [-0.2, -0.15) is 0 Å². The number of nitrogens with zero attached hydrogens (tertiary/aromatic N) is 1. The summed E-state index contributed by atoms with van der Waals surface area (Å²) in [5, 5.41) is 0. The first-order valence-electron chi connectivity index (χ1n) is 6.98. The Balaban J connectivity index is 1.77. The Kier molecular flexibility index (Phi) is 3.97. The van der Waals surface area contributed by atoms with E-state index in [9.17, 15) is 9.18 Å². The summed E-state index contributed by atoms with van der Waals surface area (Å²) in [6.07, 6.45) is 0.915. The third-order valence-electron chi connectivity index (χ3n) is 3.93. The van der Waals surface area contributed by atoms with Gasteiger partial charge in [-0.15, -0.1) is 12.6 Å². The number of hydrogen-bond donors (Lipinski definition) is 1. The molecule has 1 unspecified atom stereocenters. The van der Waals surface area contributed by atoms with E-state index in [0.29, 0.717) is 23.9 Å². The molecule has 1 aliphatic rings. The molecule has 0 aliphatic carbocycles. The summed E-state index contributed by atoms with van der Waals surface area (Å²) in [4.78, 5) is 14.8. The standard InChI is InChI=1S/C17H16FNOS/c18-16-7-6-14(21)10-15(16)17(20)19-9-8-13(11-19)12-4-2-1-3-5-12/h1-7,10,13,21H,8-9,11H2. The van der Waals surface area contributed by atoms with E-state index < -0.39 is 5.82 Å². The average molecular weight is 301 g/mol. The molecule has 1 atom stereocenters. The van der Waals surface area contributed by atoms with E-state index in [0.717, 1.165) is 6.42 Å². The third-order valence-corrected chi connectivity index (χ3v) is 4.20. The van der Waals surface area contributed by atoms with E-state index in [2.05, 4.69) is 24.8 Å². The van der Waals surface area contributed by atoms with Crippen molar-refractivity contribution in [1.29, 1.82) is 0 Å². The van der Waals surface area contributed by atoms with Crippen LogP contribution in [-0.2, 0) is 0 Å². The second-order valence-corrected chi connectivity index (χ2v) is 5.83. The van der Waals surface area contributed by atoms with Crippen molar-refractivity contribution in [3.63, 3.8) is 0 Å². The molecule has 21 heavy (non-hydrogen) atoms. The molecule has 2 nitrogen and oxygen atoms in total. The Morgan fingerprint density at radius 1 is 1.19 bits per heavy atom. The maximum Gasteiger partial charge on any atom is 0.256 e. The van der Waals surface area contributed by atoms with Crippen LogP contribution in [0.4, 0.5) is 4.39 Å². The molecule has 0 radical (unpaired) electrons. The molecule has 0 spiro atoms. The molecular weight excluding hydrogens is 285 g/mol. The lowest BCUT2D eigenvalue weighted by atomic mass is 9.99. The molecule has 0 bridgehead atoms. The number of halogens is 1. The molecule has 0 N–H and O–H groups in total. The van der Waals surface area contributed by atoms with Gasteiger partial charge in [-0.05, 0) is 30.2 Å². The quantitative estimate of drug-likeness (QED) is 0.838. The first kappa shape index (κ1) is 14.1. The SMILES string of the molecule is O=C(c1cc(S)ccc1F)N1CCC(c2ccccc2)C1. The van der Waals surface area contributed by atoms with Crippen molar-refractivity contribution < 1.29 is 9.18 Å². The summed E-state index contributed by atoms with van der Waals surface area (Å²) in [5.74, 6) is -0.403. The number of rotatable bonds is 2. The summed E-state index contributed by atoms with van der Waals surface area (Å²) in [7, 11) is 0. The van der Waals surface area contributed by atoms with E-state index in [1.54, 1.807) is 11.0 Å². The lowest BCUT2D eigenvalue weighted by molar-refractivity contribution is 0.0786. The smallest absolute Gasteiger partial charge is 0.256 e. The topological polar surface area (TPSA) is 20.3 Å². The fourth-order valence-corrected chi connectivity index (χ4v) is 2.99. The fourth-order valence-electron chi connectivity index (χ4n) is 2.79. The monoisotopic (exact) mass is 301 g/mol. The summed E-state index contributed by atoms with van der Waals surface area (Å²) in [6.45, 7) is 1.30. The molecule has 2 aromatic carbocycles. The number of hydrogen-bond acceptors (Lipinski definition) is 2. The van der Waals surface area contributed by atoms with Gasteiger partial charge in [-0.1, -0.05) is 30.3 Å². The van der Waals surface area contributed by atoms with Crippen LogP contribution in [0.1, 0.15) is 28.3 Å². The van der Waals surface area contributed by atoms with Crippen molar-refractivity contribution in [2.45, 2.75) is 17.2 Å². The summed E-state index contributed by atoms with van der Waals surface area (Å²) in [6, 6.07) is 14.5. The van der Waals surface area contributed by atoms with Crippen LogP contribution in [0.3, 0.4) is 0 Å². The molecule has 1 heterocycles. The molecule has 2 aromatic rings. The van der Waals surface area contributed by atoms with Gasteiger partial charge in [0.25, 0.3) is 5.91 Å². The van der Waals surface area contributed by atoms with Crippen molar-refractivity contribution in [3.8, 4) is 0 Å². The zero-order chi connectivity index (χ0) is 14.8. The Labute approximate surface area is 129 Å². The van der Waals surface area contributed by atoms with Crippen LogP contribution in [0.15, 0.2) is 53.4 Å². The van der Waals surface area contributed by atoms with E-state index in [1.165, 1.54) is 17.7 Å². The van der Waals surface area contributed by atoms with Gasteiger partial charge in [0.2, 0.25) is 0 Å². The molecule has 0 aromatic heterocycles. The number of likely N-dealkylation sites (tertiary alicyclic amines) is 1. The average Bonchev–Trinajstić information content (AvgIpc) is 3.00. The first-order chi connectivity index (χ1) is 10.1. The van der Waals surface area contributed by atoms with Crippen LogP contribution in [0, 0.1) is 5.82 Å². The second-order valence-electron chi connectivity index (χ2n) is 5.31. The van der Waals surface area contributed by atoms with Crippen molar-refractivity contribution >= 4 is 18.5 Å². The van der Waals surface area contributed by atoms with Crippen molar-refractivity contribution in [1.82, 2.24) is 4.90 Å². The van der Waals surface area contributed by atoms with E-state index in [1.807, 2.05) is 18.2 Å². The van der Waals surface area contributed by atoms with E-state index in [4.69, 9.17) is 0 Å². The molecule has 108 valence electrons. The third kappa shape index (κ3) is 2.95. The number of carbonyl (C=O) groups excluding carboxylic acids is 1. The maximum atomic E-state index is 13.8. The lowest BCUT2D eigenvalue weighted by Gasteiger charge is -2.17. The van der Waals surface area contributed by atoms with Crippen molar-refractivity contribution in [2.75, 3.05) is 13.1 Å². The predicted molar refractivity (Wildman–Crippen MR) is 83.4 cm³/mol. The number of benzene rings is 2. The zero-order valence-electron chi connectivity index (χ0n) is 11.5. The van der Waals surface area contributed by atoms with Crippen LogP contribution < -0.4 is 0 Å². The lowest BCUT2D eigenvalue weighted by Crippen LogP contribution is -2.29. The van der Waals surface area contributed by atoms with Gasteiger partial charge < -0.3 is 4.90 Å². The summed E-state index contributed by atoms with van der Waals surface area (Å²) in [5.41, 5.74) is 1.34. The van der Waals surface area contributed by atoms with Gasteiger partial charge in [0.15, 0.2) is 0 Å². The number of thiol groups is 1. The van der Waals surface area contributed by atoms with Gasteiger partial charge in [-0.3, -0.25) is 4.79 Å². The zero-order valence-corrected chi connectivity index (χ0v) is 12.4. The first-order valence-corrected chi connectivity index (χ1v) is 7.42. The molecule has 1 saturated heterocycles. The molecule has 1 fully saturated rings. The highest BCUT2D eigenvalue weighted by atomic mass is 32.1. The van der Waals surface area contributed by atoms with Crippen LogP contribution in [-0.4, -0.2) is 23.9 Å². The number of amides is 1. The van der Waals surface area contributed by atoms with Crippen molar-refractivity contribution in [3.05, 3.63) is 65.5 Å². The highest BCUT2D eigenvalue weighted by Crippen LogP contribution is 2.28. The summed E-state index contributed by atoms with van der Waals surface area (Å²) >= 11 is 4.18. The Morgan fingerprint density at radius 2 is 1.95 bits per heavy atom. The normalized spacial score (nSPS) is 18.0. The molecule has 1 aliphatic heterocycles. The van der Waals surface area contributed by atoms with Gasteiger partial charge in [-0.25, -0.2) is 4.39 Å². The van der Waals surface area contributed by atoms with E-state index >= 15 is 0 Å². The molecule has 3 rings (SSSR count). The van der Waals surface area contributed by atoms with Gasteiger partial charge in [0, 0.05) is 23.9 Å². The van der Waals surface area contributed by atoms with Crippen molar-refractivity contribution in [2.24, 2.45) is 0 Å². The largest absolute Gasteiger partial charge is 0.338 e. The molecule has 4 heteroatoms.